The fourth-order valence-electron chi connectivity index (χ4n) is 4.69. The Kier molecular flexibility index (Phi) is 7.94. The molecule has 0 aliphatic heterocycles. The molecule has 0 spiro atoms. The second-order valence-electron chi connectivity index (χ2n) is 8.90. The van der Waals surface area contributed by atoms with Gasteiger partial charge in [-0.15, -0.1) is 0 Å². The number of amides is 1. The van der Waals surface area contributed by atoms with E-state index < -0.39 is 5.97 Å². The van der Waals surface area contributed by atoms with E-state index in [0.29, 0.717) is 6.42 Å². The highest BCUT2D eigenvalue weighted by Crippen LogP contribution is 2.31. The highest BCUT2D eigenvalue weighted by molar-refractivity contribution is 6.00. The number of carbonyl (C=O) groups excluding carboxylic acids is 1. The molecule has 1 amide bonds. The molecule has 0 saturated heterocycles. The molecule has 0 bridgehead atoms. The van der Waals surface area contributed by atoms with Crippen molar-refractivity contribution in [3.05, 3.63) is 113 Å². The number of hydrogen-bond donors (Lipinski definition) is 2. The topological polar surface area (TPSA) is 66.4 Å². The summed E-state index contributed by atoms with van der Waals surface area (Å²) in [5.74, 6) is -1.25. The number of carboxylic acids is 1. The first-order valence-corrected chi connectivity index (χ1v) is 12.3. The van der Waals surface area contributed by atoms with Crippen LogP contribution >= 0.6 is 0 Å². The molecule has 178 valence electrons. The molecule has 0 saturated carbocycles. The molecule has 0 heterocycles. The molecular formula is C31H31NO3. The summed E-state index contributed by atoms with van der Waals surface area (Å²) >= 11 is 0. The molecule has 4 aromatic rings. The largest absolute Gasteiger partial charge is 0.478 e. The Labute approximate surface area is 206 Å². The van der Waals surface area contributed by atoms with Crippen molar-refractivity contribution >= 4 is 28.3 Å². The lowest BCUT2D eigenvalue weighted by Crippen LogP contribution is -2.22. The van der Waals surface area contributed by atoms with Crippen molar-refractivity contribution in [3.63, 3.8) is 0 Å². The van der Waals surface area contributed by atoms with Crippen LogP contribution in [0.1, 0.15) is 65.6 Å². The van der Waals surface area contributed by atoms with Crippen molar-refractivity contribution in [2.75, 3.05) is 5.32 Å². The summed E-state index contributed by atoms with van der Waals surface area (Å²) in [5, 5.41) is 15.0. The van der Waals surface area contributed by atoms with Crippen LogP contribution < -0.4 is 5.32 Å². The third-order valence-electron chi connectivity index (χ3n) is 6.52. The maximum Gasteiger partial charge on any atom is 0.335 e. The van der Waals surface area contributed by atoms with E-state index >= 15 is 0 Å². The van der Waals surface area contributed by atoms with Crippen LogP contribution in [-0.2, 0) is 11.2 Å². The normalized spacial score (nSPS) is 11.8. The molecule has 4 aromatic carbocycles. The number of unbranched alkanes of at least 4 members (excludes halogenated alkanes) is 2. The monoisotopic (exact) mass is 465 g/mol. The molecule has 4 nitrogen and oxygen atoms in total. The minimum absolute atomic E-state index is 0.0311. The summed E-state index contributed by atoms with van der Waals surface area (Å²) < 4.78 is 0. The summed E-state index contributed by atoms with van der Waals surface area (Å²) in [5.41, 5.74) is 3.65. The molecule has 1 atom stereocenters. The van der Waals surface area contributed by atoms with Gasteiger partial charge in [-0.05, 0) is 46.0 Å². The van der Waals surface area contributed by atoms with Gasteiger partial charge in [0.05, 0.1) is 11.5 Å². The van der Waals surface area contributed by atoms with Gasteiger partial charge >= 0.3 is 5.97 Å². The minimum atomic E-state index is -0.950. The Bertz CT molecular complexity index is 1320. The summed E-state index contributed by atoms with van der Waals surface area (Å²) in [6, 6.07) is 29.0. The Morgan fingerprint density at radius 3 is 2.29 bits per heavy atom. The standard InChI is InChI=1S/C31H31NO3/c1-2-3-4-18-28(27-19-11-15-22-12-5-8-16-25(22)27)30(33)32-29-20-10-7-14-24(29)21-23-13-6-9-17-26(23)31(34)35/h5-17,19-20,28H,2-4,18,21H2,1H3,(H,32,33)(H,34,35). The first-order chi connectivity index (χ1) is 17.1. The van der Waals surface area contributed by atoms with Crippen molar-refractivity contribution in [2.45, 2.75) is 44.9 Å². The average Bonchev–Trinajstić information content (AvgIpc) is 2.88. The predicted molar refractivity (Wildman–Crippen MR) is 142 cm³/mol. The third-order valence-corrected chi connectivity index (χ3v) is 6.52. The summed E-state index contributed by atoms with van der Waals surface area (Å²) in [4.78, 5) is 25.4. The van der Waals surface area contributed by atoms with E-state index in [1.54, 1.807) is 12.1 Å². The van der Waals surface area contributed by atoms with E-state index in [-0.39, 0.29) is 17.4 Å². The number of benzene rings is 4. The van der Waals surface area contributed by atoms with E-state index in [9.17, 15) is 14.7 Å². The average molecular weight is 466 g/mol. The van der Waals surface area contributed by atoms with Gasteiger partial charge < -0.3 is 10.4 Å². The number of carboxylic acid groups (broad SMARTS) is 1. The lowest BCUT2D eigenvalue weighted by Gasteiger charge is -2.20. The molecule has 0 aliphatic rings. The van der Waals surface area contributed by atoms with Crippen LogP contribution in [-0.4, -0.2) is 17.0 Å². The van der Waals surface area contributed by atoms with Crippen molar-refractivity contribution in [1.29, 1.82) is 0 Å². The van der Waals surface area contributed by atoms with Gasteiger partial charge in [-0.1, -0.05) is 105 Å². The fraction of sp³-hybridized carbons (Fsp3) is 0.226. The molecule has 4 heteroatoms. The molecule has 0 fully saturated rings. The number of para-hydroxylation sites is 1. The molecular weight excluding hydrogens is 434 g/mol. The SMILES string of the molecule is CCCCCC(C(=O)Nc1ccccc1Cc1ccccc1C(=O)O)c1cccc2ccccc12. The van der Waals surface area contributed by atoms with Gasteiger partial charge in [0.15, 0.2) is 0 Å². The maximum atomic E-state index is 13.7. The minimum Gasteiger partial charge on any atom is -0.478 e. The van der Waals surface area contributed by atoms with Gasteiger partial charge in [-0.2, -0.15) is 0 Å². The molecule has 1 unspecified atom stereocenters. The lowest BCUT2D eigenvalue weighted by molar-refractivity contribution is -0.117. The van der Waals surface area contributed by atoms with Gasteiger partial charge in [0.25, 0.3) is 0 Å². The molecule has 0 radical (unpaired) electrons. The molecule has 4 rings (SSSR count). The van der Waals surface area contributed by atoms with Crippen molar-refractivity contribution < 1.29 is 14.7 Å². The first-order valence-electron chi connectivity index (χ1n) is 12.3. The van der Waals surface area contributed by atoms with E-state index in [2.05, 4.69) is 36.5 Å². The van der Waals surface area contributed by atoms with Crippen LogP contribution in [0.2, 0.25) is 0 Å². The van der Waals surface area contributed by atoms with Crippen LogP contribution in [0.3, 0.4) is 0 Å². The Morgan fingerprint density at radius 2 is 1.49 bits per heavy atom. The first kappa shape index (κ1) is 24.2. The Morgan fingerprint density at radius 1 is 0.800 bits per heavy atom. The molecule has 35 heavy (non-hydrogen) atoms. The van der Waals surface area contributed by atoms with Crippen LogP contribution in [0.15, 0.2) is 91.0 Å². The van der Waals surface area contributed by atoms with Crippen molar-refractivity contribution in [3.8, 4) is 0 Å². The van der Waals surface area contributed by atoms with E-state index in [4.69, 9.17) is 0 Å². The van der Waals surface area contributed by atoms with E-state index in [1.165, 1.54) is 0 Å². The van der Waals surface area contributed by atoms with Gasteiger partial charge in [-0.3, -0.25) is 4.79 Å². The highest BCUT2D eigenvalue weighted by atomic mass is 16.4. The fourth-order valence-corrected chi connectivity index (χ4v) is 4.69. The van der Waals surface area contributed by atoms with E-state index in [1.807, 2.05) is 54.6 Å². The van der Waals surface area contributed by atoms with Gasteiger partial charge in [0, 0.05) is 12.1 Å². The number of fused-ring (bicyclic) bond motifs is 1. The second-order valence-corrected chi connectivity index (χ2v) is 8.90. The van der Waals surface area contributed by atoms with Crippen molar-refractivity contribution in [1.82, 2.24) is 0 Å². The van der Waals surface area contributed by atoms with Crippen LogP contribution in [0.25, 0.3) is 10.8 Å². The van der Waals surface area contributed by atoms with Crippen LogP contribution in [0.4, 0.5) is 5.69 Å². The van der Waals surface area contributed by atoms with Gasteiger partial charge in [0.2, 0.25) is 5.91 Å². The zero-order valence-electron chi connectivity index (χ0n) is 20.0. The van der Waals surface area contributed by atoms with Gasteiger partial charge in [-0.25, -0.2) is 4.79 Å². The number of rotatable bonds is 10. The summed E-state index contributed by atoms with van der Waals surface area (Å²) in [7, 11) is 0. The molecule has 0 aliphatic carbocycles. The Balaban J connectivity index is 1.64. The predicted octanol–water partition coefficient (Wildman–Crippen LogP) is 7.43. The third kappa shape index (κ3) is 5.78. The maximum absolute atomic E-state index is 13.7. The Hall–Kier alpha value is -3.92. The second kappa shape index (κ2) is 11.5. The van der Waals surface area contributed by atoms with Gasteiger partial charge in [0.1, 0.15) is 0 Å². The highest BCUT2D eigenvalue weighted by Gasteiger charge is 2.23. The number of nitrogens with one attached hydrogen (secondary N) is 1. The van der Waals surface area contributed by atoms with Crippen LogP contribution in [0.5, 0.6) is 0 Å². The summed E-state index contributed by atoms with van der Waals surface area (Å²) in [6.45, 7) is 2.16. The quantitative estimate of drug-likeness (QED) is 0.239. The van der Waals surface area contributed by atoms with Crippen molar-refractivity contribution in [2.24, 2.45) is 0 Å². The number of carbonyl (C=O) groups is 2. The number of aromatic carboxylic acids is 1. The zero-order chi connectivity index (χ0) is 24.6. The molecule has 2 N–H and O–H groups in total. The zero-order valence-corrected chi connectivity index (χ0v) is 20.0. The molecule has 0 aromatic heterocycles. The van der Waals surface area contributed by atoms with E-state index in [0.717, 1.165) is 58.8 Å². The summed E-state index contributed by atoms with van der Waals surface area (Å²) in [6.07, 6.45) is 4.35. The lowest BCUT2D eigenvalue weighted by atomic mass is 9.88. The smallest absolute Gasteiger partial charge is 0.335 e. The van der Waals surface area contributed by atoms with Crippen LogP contribution in [0, 0.1) is 0 Å². The number of hydrogen-bond acceptors (Lipinski definition) is 2. The number of anilines is 1.